The van der Waals surface area contributed by atoms with E-state index in [1.54, 1.807) is 13.0 Å². The van der Waals surface area contributed by atoms with Crippen molar-refractivity contribution >= 4 is 12.1 Å². The molecule has 0 spiro atoms. The molecule has 5 nitrogen and oxygen atoms in total. The number of likely N-dealkylation sites (tertiary alicyclic amines) is 1. The summed E-state index contributed by atoms with van der Waals surface area (Å²) in [4.78, 5) is 23.8. The molecule has 0 unspecified atom stereocenters. The number of aliphatic carboxylic acids is 1. The zero-order valence-electron chi connectivity index (χ0n) is 8.42. The Morgan fingerprint density at radius 3 is 2.80 bits per heavy atom. The van der Waals surface area contributed by atoms with Crippen molar-refractivity contribution in [3.63, 3.8) is 0 Å². The molecule has 15 heavy (non-hydrogen) atoms. The van der Waals surface area contributed by atoms with Crippen LogP contribution in [-0.2, 0) is 9.53 Å². The van der Waals surface area contributed by atoms with Gasteiger partial charge in [0.25, 0.3) is 0 Å². The van der Waals surface area contributed by atoms with Gasteiger partial charge in [0.1, 0.15) is 6.04 Å². The highest BCUT2D eigenvalue weighted by atomic mass is 16.5. The van der Waals surface area contributed by atoms with Crippen LogP contribution in [0.5, 0.6) is 0 Å². The van der Waals surface area contributed by atoms with Crippen LogP contribution in [0.15, 0.2) is 12.3 Å². The standard InChI is InChI=1S/C10H13NO4/c1-2-3-15-10(14)11-7-4-6(7)5-8(11)9(12)13/h2-3,6-8H,4-5H2,1H3,(H,12,13)/t6-,7-,8+/m1/s1. The summed E-state index contributed by atoms with van der Waals surface area (Å²) in [5, 5.41) is 8.93. The Labute approximate surface area is 87.3 Å². The molecule has 1 saturated carbocycles. The molecule has 2 fully saturated rings. The fraction of sp³-hybridized carbons (Fsp3) is 0.600. The topological polar surface area (TPSA) is 66.8 Å². The lowest BCUT2D eigenvalue weighted by Crippen LogP contribution is -2.42. The zero-order valence-corrected chi connectivity index (χ0v) is 8.42. The Morgan fingerprint density at radius 2 is 2.20 bits per heavy atom. The number of fused-ring (bicyclic) bond motifs is 1. The van der Waals surface area contributed by atoms with E-state index in [1.807, 2.05) is 0 Å². The number of carbonyl (C=O) groups excluding carboxylic acids is 1. The molecule has 0 bridgehead atoms. The van der Waals surface area contributed by atoms with E-state index in [2.05, 4.69) is 0 Å². The van der Waals surface area contributed by atoms with Crippen LogP contribution in [0.2, 0.25) is 0 Å². The van der Waals surface area contributed by atoms with Gasteiger partial charge in [-0.05, 0) is 25.7 Å². The number of hydrogen-bond donors (Lipinski definition) is 1. The number of carboxylic acid groups (broad SMARTS) is 1. The molecule has 1 saturated heterocycles. The van der Waals surface area contributed by atoms with Crippen molar-refractivity contribution in [2.75, 3.05) is 0 Å². The maximum Gasteiger partial charge on any atom is 0.415 e. The molecule has 2 rings (SSSR count). The predicted octanol–water partition coefficient (Wildman–Crippen LogP) is 1.20. The van der Waals surface area contributed by atoms with E-state index >= 15 is 0 Å². The second-order valence-corrected chi connectivity index (χ2v) is 3.91. The number of carbonyl (C=O) groups is 2. The number of ether oxygens (including phenoxy) is 1. The number of amides is 1. The summed E-state index contributed by atoms with van der Waals surface area (Å²) in [6, 6.07) is -0.615. The van der Waals surface area contributed by atoms with Gasteiger partial charge < -0.3 is 9.84 Å². The SMILES string of the molecule is CC=COC(=O)N1[C@@H]2C[C@@H]2C[C@H]1C(=O)O. The number of hydrogen-bond acceptors (Lipinski definition) is 3. The van der Waals surface area contributed by atoms with E-state index in [0.717, 1.165) is 6.42 Å². The highest BCUT2D eigenvalue weighted by molar-refractivity contribution is 5.82. The summed E-state index contributed by atoms with van der Waals surface area (Å²) in [7, 11) is 0. The van der Waals surface area contributed by atoms with E-state index in [-0.39, 0.29) is 6.04 Å². The van der Waals surface area contributed by atoms with Crippen molar-refractivity contribution in [1.82, 2.24) is 4.90 Å². The van der Waals surface area contributed by atoms with Crippen molar-refractivity contribution in [2.45, 2.75) is 31.8 Å². The molecule has 0 aromatic carbocycles. The number of allylic oxidation sites excluding steroid dienone is 1. The monoisotopic (exact) mass is 211 g/mol. The summed E-state index contributed by atoms with van der Waals surface area (Å²) in [6.45, 7) is 1.73. The Kier molecular flexibility index (Phi) is 2.38. The zero-order chi connectivity index (χ0) is 11.0. The maximum absolute atomic E-state index is 11.5. The molecular formula is C10H13NO4. The van der Waals surface area contributed by atoms with E-state index < -0.39 is 18.1 Å². The molecule has 1 aliphatic carbocycles. The van der Waals surface area contributed by atoms with Crippen LogP contribution < -0.4 is 0 Å². The molecule has 2 aliphatic rings. The first-order chi connectivity index (χ1) is 7.15. The van der Waals surface area contributed by atoms with E-state index in [0.29, 0.717) is 12.3 Å². The van der Waals surface area contributed by atoms with Crippen LogP contribution in [0.1, 0.15) is 19.8 Å². The minimum absolute atomic E-state index is 0.0869. The molecule has 82 valence electrons. The summed E-state index contributed by atoms with van der Waals surface area (Å²) in [5.74, 6) is -0.580. The van der Waals surface area contributed by atoms with Crippen molar-refractivity contribution < 1.29 is 19.4 Å². The van der Waals surface area contributed by atoms with Gasteiger partial charge in [0, 0.05) is 6.04 Å². The minimum atomic E-state index is -0.945. The van der Waals surface area contributed by atoms with Crippen LogP contribution in [0, 0.1) is 5.92 Å². The van der Waals surface area contributed by atoms with Gasteiger partial charge in [0.05, 0.1) is 6.26 Å². The fourth-order valence-electron chi connectivity index (χ4n) is 2.13. The van der Waals surface area contributed by atoms with Crippen molar-refractivity contribution in [1.29, 1.82) is 0 Å². The van der Waals surface area contributed by atoms with Gasteiger partial charge in [0.15, 0.2) is 0 Å². The molecule has 1 N–H and O–H groups in total. The molecule has 0 aromatic heterocycles. The first-order valence-electron chi connectivity index (χ1n) is 4.98. The molecule has 0 aromatic rings. The average Bonchev–Trinajstić information content (AvgIpc) is 2.86. The van der Waals surface area contributed by atoms with Gasteiger partial charge >= 0.3 is 12.1 Å². The van der Waals surface area contributed by atoms with Crippen LogP contribution in [0.25, 0.3) is 0 Å². The third-order valence-electron chi connectivity index (χ3n) is 2.91. The van der Waals surface area contributed by atoms with E-state index in [9.17, 15) is 9.59 Å². The van der Waals surface area contributed by atoms with Crippen molar-refractivity contribution in [3.8, 4) is 0 Å². The molecule has 0 radical (unpaired) electrons. The lowest BCUT2D eigenvalue weighted by molar-refractivity contribution is -0.142. The van der Waals surface area contributed by atoms with Crippen LogP contribution in [0.4, 0.5) is 4.79 Å². The molecule has 3 atom stereocenters. The van der Waals surface area contributed by atoms with Crippen molar-refractivity contribution in [3.05, 3.63) is 12.3 Å². The third-order valence-corrected chi connectivity index (χ3v) is 2.91. The second kappa shape index (κ2) is 3.56. The second-order valence-electron chi connectivity index (χ2n) is 3.91. The lowest BCUT2D eigenvalue weighted by atomic mass is 10.2. The van der Waals surface area contributed by atoms with Crippen LogP contribution in [0.3, 0.4) is 0 Å². The van der Waals surface area contributed by atoms with E-state index in [1.165, 1.54) is 11.2 Å². The fourth-order valence-corrected chi connectivity index (χ4v) is 2.13. The average molecular weight is 211 g/mol. The first kappa shape index (κ1) is 10.0. The van der Waals surface area contributed by atoms with Crippen LogP contribution >= 0.6 is 0 Å². The Bertz CT molecular complexity index is 325. The van der Waals surface area contributed by atoms with Gasteiger partial charge in [-0.1, -0.05) is 6.08 Å². The highest BCUT2D eigenvalue weighted by Crippen LogP contribution is 2.48. The number of nitrogens with zero attached hydrogens (tertiary/aromatic N) is 1. The molecule has 1 aliphatic heterocycles. The van der Waals surface area contributed by atoms with Gasteiger partial charge in [-0.15, -0.1) is 0 Å². The summed E-state index contributed by atoms with van der Waals surface area (Å²) in [6.07, 6.45) is 3.79. The Morgan fingerprint density at radius 1 is 1.47 bits per heavy atom. The number of carboxylic acids is 1. The van der Waals surface area contributed by atoms with Crippen LogP contribution in [-0.4, -0.2) is 34.2 Å². The molecular weight excluding hydrogens is 198 g/mol. The number of piperidine rings is 1. The normalized spacial score (nSPS) is 32.9. The minimum Gasteiger partial charge on any atom is -0.480 e. The third kappa shape index (κ3) is 1.69. The van der Waals surface area contributed by atoms with Crippen molar-refractivity contribution in [2.24, 2.45) is 5.92 Å². The maximum atomic E-state index is 11.5. The van der Waals surface area contributed by atoms with Gasteiger partial charge in [-0.2, -0.15) is 0 Å². The van der Waals surface area contributed by atoms with Gasteiger partial charge in [-0.3, -0.25) is 4.90 Å². The predicted molar refractivity (Wildman–Crippen MR) is 51.1 cm³/mol. The smallest absolute Gasteiger partial charge is 0.415 e. The Hall–Kier alpha value is -1.52. The largest absolute Gasteiger partial charge is 0.480 e. The molecule has 1 amide bonds. The highest BCUT2D eigenvalue weighted by Gasteiger charge is 2.56. The van der Waals surface area contributed by atoms with Gasteiger partial charge in [-0.25, -0.2) is 9.59 Å². The molecule has 1 heterocycles. The first-order valence-corrected chi connectivity index (χ1v) is 4.98. The quantitative estimate of drug-likeness (QED) is 0.697. The summed E-state index contributed by atoms with van der Waals surface area (Å²) in [5.41, 5.74) is 0. The lowest BCUT2D eigenvalue weighted by Gasteiger charge is -2.22. The summed E-state index contributed by atoms with van der Waals surface area (Å²) < 4.78 is 4.80. The Balaban J connectivity index is 2.05. The number of rotatable bonds is 2. The van der Waals surface area contributed by atoms with Gasteiger partial charge in [0.2, 0.25) is 0 Å². The summed E-state index contributed by atoms with van der Waals surface area (Å²) >= 11 is 0. The molecule has 5 heteroatoms. The van der Waals surface area contributed by atoms with E-state index in [4.69, 9.17) is 9.84 Å².